The highest BCUT2D eigenvalue weighted by Crippen LogP contribution is 2.39. The molecule has 88 valence electrons. The number of rotatable bonds is 2. The lowest BCUT2D eigenvalue weighted by molar-refractivity contribution is -0.132. The molecule has 1 aliphatic carbocycles. The molecule has 3 nitrogen and oxygen atoms in total. The van der Waals surface area contributed by atoms with Gasteiger partial charge >= 0.3 is 0 Å². The molecule has 0 heterocycles. The van der Waals surface area contributed by atoms with Gasteiger partial charge in [0.2, 0.25) is 0 Å². The normalized spacial score (nSPS) is 31.6. The minimum atomic E-state index is -1.50. The van der Waals surface area contributed by atoms with Crippen LogP contribution in [0.3, 0.4) is 0 Å². The molecule has 2 rings (SSSR count). The van der Waals surface area contributed by atoms with Crippen molar-refractivity contribution in [3.05, 3.63) is 35.6 Å². The maximum Gasteiger partial charge on any atom is 0.123 e. The largest absolute Gasteiger partial charge is 0.390 e. The summed E-state index contributed by atoms with van der Waals surface area (Å²) in [6, 6.07) is 5.29. The van der Waals surface area contributed by atoms with E-state index in [9.17, 15) is 19.7 Å². The van der Waals surface area contributed by atoms with Crippen LogP contribution >= 0.6 is 0 Å². The highest BCUT2D eigenvalue weighted by atomic mass is 19.1. The molecule has 0 aromatic heterocycles. The van der Waals surface area contributed by atoms with E-state index < -0.39 is 23.6 Å². The molecule has 0 aliphatic heterocycles. The van der Waals surface area contributed by atoms with Crippen LogP contribution < -0.4 is 0 Å². The number of hydrogen-bond acceptors (Lipinski definition) is 3. The van der Waals surface area contributed by atoms with E-state index >= 15 is 0 Å². The summed E-state index contributed by atoms with van der Waals surface area (Å²) in [6.07, 6.45) is -0.588. The second kappa shape index (κ2) is 4.13. The maximum absolute atomic E-state index is 12.7. The molecule has 0 spiro atoms. The molecule has 0 radical (unpaired) electrons. The lowest BCUT2D eigenvalue weighted by Crippen LogP contribution is -2.43. The van der Waals surface area contributed by atoms with Crippen LogP contribution in [0.25, 0.3) is 0 Å². The molecule has 0 amide bonds. The Labute approximate surface area is 93.2 Å². The first-order valence-electron chi connectivity index (χ1n) is 5.38. The Morgan fingerprint density at radius 3 is 2.44 bits per heavy atom. The van der Waals surface area contributed by atoms with Gasteiger partial charge in [0.25, 0.3) is 0 Å². The summed E-state index contributed by atoms with van der Waals surface area (Å²) in [4.78, 5) is 0. The summed E-state index contributed by atoms with van der Waals surface area (Å²) in [7, 11) is 0. The van der Waals surface area contributed by atoms with Gasteiger partial charge in [-0.05, 0) is 37.0 Å². The summed E-state index contributed by atoms with van der Waals surface area (Å²) < 4.78 is 12.7. The van der Waals surface area contributed by atoms with Crippen molar-refractivity contribution in [3.8, 4) is 0 Å². The lowest BCUT2D eigenvalue weighted by atomic mass is 9.88. The minimum absolute atomic E-state index is 0.354. The third-order valence-electron chi connectivity index (χ3n) is 3.29. The first-order chi connectivity index (χ1) is 7.54. The van der Waals surface area contributed by atoms with Gasteiger partial charge in [-0.3, -0.25) is 0 Å². The number of aliphatic hydroxyl groups is 3. The predicted molar refractivity (Wildman–Crippen MR) is 56.2 cm³/mol. The molecular weight excluding hydrogens is 211 g/mol. The summed E-state index contributed by atoms with van der Waals surface area (Å²) in [5.74, 6) is -0.394. The van der Waals surface area contributed by atoms with Gasteiger partial charge in [0.05, 0.1) is 6.10 Å². The van der Waals surface area contributed by atoms with Crippen LogP contribution in [0.5, 0.6) is 0 Å². The zero-order valence-corrected chi connectivity index (χ0v) is 8.81. The predicted octanol–water partition coefficient (Wildman–Crippen LogP) is 1.14. The standard InChI is InChI=1S/C12H15FO3/c13-9-5-3-8(4-6-9)11(15)12(16)7-1-2-10(12)14/h3-6,10-11,14-16H,1-2,7H2/t10?,11-,12?/m0/s1. The molecule has 0 bridgehead atoms. The topological polar surface area (TPSA) is 60.7 Å². The molecule has 2 unspecified atom stereocenters. The van der Waals surface area contributed by atoms with Crippen LogP contribution in [0, 0.1) is 5.82 Å². The van der Waals surface area contributed by atoms with Gasteiger partial charge in [0, 0.05) is 0 Å². The first-order valence-corrected chi connectivity index (χ1v) is 5.38. The summed E-state index contributed by atoms with van der Waals surface area (Å²) in [6.45, 7) is 0. The van der Waals surface area contributed by atoms with Crippen LogP contribution in [-0.2, 0) is 0 Å². The van der Waals surface area contributed by atoms with Crippen LogP contribution in [0.1, 0.15) is 30.9 Å². The van der Waals surface area contributed by atoms with Gasteiger partial charge in [-0.15, -0.1) is 0 Å². The van der Waals surface area contributed by atoms with Crippen LogP contribution in [0.4, 0.5) is 4.39 Å². The highest BCUT2D eigenvalue weighted by Gasteiger charge is 2.46. The fourth-order valence-electron chi connectivity index (χ4n) is 2.25. The van der Waals surface area contributed by atoms with E-state index in [1.165, 1.54) is 24.3 Å². The Morgan fingerprint density at radius 2 is 1.94 bits per heavy atom. The lowest BCUT2D eigenvalue weighted by Gasteiger charge is -2.32. The number of halogens is 1. The summed E-state index contributed by atoms with van der Waals surface area (Å²) in [5.41, 5.74) is -1.08. The third kappa shape index (κ3) is 1.84. The Kier molecular flexibility index (Phi) is 2.97. The molecule has 1 aromatic carbocycles. The van der Waals surface area contributed by atoms with Gasteiger partial charge < -0.3 is 15.3 Å². The Bertz CT molecular complexity index is 365. The van der Waals surface area contributed by atoms with Crippen molar-refractivity contribution in [2.45, 2.75) is 37.1 Å². The van der Waals surface area contributed by atoms with Crippen molar-refractivity contribution in [1.29, 1.82) is 0 Å². The van der Waals surface area contributed by atoms with E-state index in [-0.39, 0.29) is 0 Å². The molecule has 1 aromatic rings. The van der Waals surface area contributed by atoms with Gasteiger partial charge in [0.15, 0.2) is 0 Å². The van der Waals surface area contributed by atoms with Crippen molar-refractivity contribution in [3.63, 3.8) is 0 Å². The van der Waals surface area contributed by atoms with Crippen molar-refractivity contribution < 1.29 is 19.7 Å². The maximum atomic E-state index is 12.7. The van der Waals surface area contributed by atoms with Crippen LogP contribution in [0.2, 0.25) is 0 Å². The van der Waals surface area contributed by atoms with E-state index in [1.807, 2.05) is 0 Å². The summed E-state index contributed by atoms with van der Waals surface area (Å²) in [5, 5.41) is 29.8. The zero-order chi connectivity index (χ0) is 11.8. The average Bonchev–Trinajstić information content (AvgIpc) is 2.61. The highest BCUT2D eigenvalue weighted by molar-refractivity contribution is 5.22. The molecule has 3 atom stereocenters. The van der Waals surface area contributed by atoms with Gasteiger partial charge in [-0.25, -0.2) is 4.39 Å². The third-order valence-corrected chi connectivity index (χ3v) is 3.29. The molecule has 1 fully saturated rings. The smallest absolute Gasteiger partial charge is 0.123 e. The average molecular weight is 226 g/mol. The van der Waals surface area contributed by atoms with Crippen LogP contribution in [0.15, 0.2) is 24.3 Å². The molecule has 0 saturated heterocycles. The fourth-order valence-corrected chi connectivity index (χ4v) is 2.25. The molecular formula is C12H15FO3. The quantitative estimate of drug-likeness (QED) is 0.708. The fraction of sp³-hybridized carbons (Fsp3) is 0.500. The van der Waals surface area contributed by atoms with Gasteiger partial charge in [0.1, 0.15) is 17.5 Å². The molecule has 4 heteroatoms. The van der Waals surface area contributed by atoms with Crippen LogP contribution in [-0.4, -0.2) is 27.0 Å². The number of benzene rings is 1. The molecule has 3 N–H and O–H groups in total. The zero-order valence-electron chi connectivity index (χ0n) is 8.81. The van der Waals surface area contributed by atoms with E-state index in [2.05, 4.69) is 0 Å². The van der Waals surface area contributed by atoms with E-state index in [0.29, 0.717) is 24.8 Å². The Hall–Kier alpha value is -0.970. The van der Waals surface area contributed by atoms with E-state index in [4.69, 9.17) is 0 Å². The summed E-state index contributed by atoms with van der Waals surface area (Å²) >= 11 is 0. The first kappa shape index (κ1) is 11.5. The van der Waals surface area contributed by atoms with Crippen molar-refractivity contribution >= 4 is 0 Å². The SMILES string of the molecule is OC1CCCC1(O)[C@@H](O)c1ccc(F)cc1. The van der Waals surface area contributed by atoms with E-state index in [1.54, 1.807) is 0 Å². The Balaban J connectivity index is 2.24. The second-order valence-electron chi connectivity index (χ2n) is 4.35. The number of hydrogen-bond donors (Lipinski definition) is 3. The second-order valence-corrected chi connectivity index (χ2v) is 4.35. The van der Waals surface area contributed by atoms with Crippen molar-refractivity contribution in [2.24, 2.45) is 0 Å². The molecule has 1 saturated carbocycles. The van der Waals surface area contributed by atoms with Crippen molar-refractivity contribution in [2.75, 3.05) is 0 Å². The minimum Gasteiger partial charge on any atom is -0.390 e. The van der Waals surface area contributed by atoms with Gasteiger partial charge in [-0.1, -0.05) is 12.1 Å². The van der Waals surface area contributed by atoms with Gasteiger partial charge in [-0.2, -0.15) is 0 Å². The monoisotopic (exact) mass is 226 g/mol. The molecule has 1 aliphatic rings. The molecule has 16 heavy (non-hydrogen) atoms. The Morgan fingerprint density at radius 1 is 1.31 bits per heavy atom. The van der Waals surface area contributed by atoms with E-state index in [0.717, 1.165) is 0 Å². The number of aliphatic hydroxyl groups excluding tert-OH is 2. The van der Waals surface area contributed by atoms with Crippen molar-refractivity contribution in [1.82, 2.24) is 0 Å².